The predicted molar refractivity (Wildman–Crippen MR) is 103 cm³/mol. The standard InChI is InChI=1S/C24H32O3/c1-22-9-10-24(26-11-12-27-24)14-20(22)16(15-3-4-15)13-17-18-5-6-21(25)23(18,2)8-7-19(17)22/h5-6,15,17-19H,3-4,7-14H2,1-2H3/t17-,18-,19-,22+,23-/m0/s1. The van der Waals surface area contributed by atoms with Crippen molar-refractivity contribution in [3.8, 4) is 0 Å². The molecule has 0 aromatic heterocycles. The van der Waals surface area contributed by atoms with E-state index in [-0.39, 0.29) is 16.6 Å². The summed E-state index contributed by atoms with van der Waals surface area (Å²) in [7, 11) is 0. The normalized spacial score (nSPS) is 47.9. The fourth-order valence-electron chi connectivity index (χ4n) is 7.66. The Labute approximate surface area is 162 Å². The van der Waals surface area contributed by atoms with E-state index in [4.69, 9.17) is 9.47 Å². The molecule has 0 amide bonds. The van der Waals surface area contributed by atoms with Crippen LogP contribution in [0.15, 0.2) is 23.3 Å². The van der Waals surface area contributed by atoms with Gasteiger partial charge in [0.1, 0.15) is 0 Å². The van der Waals surface area contributed by atoms with Crippen LogP contribution in [0.25, 0.3) is 0 Å². The molecule has 146 valence electrons. The third kappa shape index (κ3) is 2.19. The highest BCUT2D eigenvalue weighted by atomic mass is 16.7. The number of rotatable bonds is 1. The molecule has 1 aliphatic heterocycles. The zero-order chi connectivity index (χ0) is 18.4. The summed E-state index contributed by atoms with van der Waals surface area (Å²) in [5.74, 6) is 2.66. The summed E-state index contributed by atoms with van der Waals surface area (Å²) >= 11 is 0. The van der Waals surface area contributed by atoms with Gasteiger partial charge in [0.25, 0.3) is 0 Å². The topological polar surface area (TPSA) is 35.5 Å². The number of hydrogen-bond acceptors (Lipinski definition) is 3. The van der Waals surface area contributed by atoms with Gasteiger partial charge in [-0.1, -0.05) is 31.1 Å². The van der Waals surface area contributed by atoms with E-state index >= 15 is 0 Å². The summed E-state index contributed by atoms with van der Waals surface area (Å²) in [5, 5.41) is 0. The zero-order valence-corrected chi connectivity index (χ0v) is 16.8. The lowest BCUT2D eigenvalue weighted by atomic mass is 9.46. The SMILES string of the molecule is C[C@]12CCC3(CC1=C(C1CC1)C[C@@H]1[C@@H]2CC[C@]2(C)C(=O)C=C[C@@H]12)OCCO3. The van der Waals surface area contributed by atoms with Gasteiger partial charge < -0.3 is 9.47 Å². The molecule has 0 aromatic rings. The summed E-state index contributed by atoms with van der Waals surface area (Å²) < 4.78 is 12.3. The number of hydrogen-bond donors (Lipinski definition) is 0. The van der Waals surface area contributed by atoms with Gasteiger partial charge in [-0.05, 0) is 73.7 Å². The minimum Gasteiger partial charge on any atom is -0.347 e. The average molecular weight is 369 g/mol. The molecule has 3 saturated carbocycles. The molecule has 1 saturated heterocycles. The molecule has 0 radical (unpaired) electrons. The number of fused-ring (bicyclic) bond motifs is 5. The molecule has 0 unspecified atom stereocenters. The monoisotopic (exact) mass is 368 g/mol. The lowest BCUT2D eigenvalue weighted by Gasteiger charge is -2.59. The van der Waals surface area contributed by atoms with Crippen LogP contribution in [0.2, 0.25) is 0 Å². The van der Waals surface area contributed by atoms with E-state index in [1.807, 2.05) is 6.08 Å². The number of allylic oxidation sites excluding steroid dienone is 3. The van der Waals surface area contributed by atoms with E-state index in [2.05, 4.69) is 19.9 Å². The Morgan fingerprint density at radius 2 is 1.78 bits per heavy atom. The second-order valence-electron chi connectivity index (χ2n) is 10.7. The molecule has 4 fully saturated rings. The minimum absolute atomic E-state index is 0.128. The van der Waals surface area contributed by atoms with E-state index in [0.717, 1.165) is 38.4 Å². The Bertz CT molecular complexity index is 754. The Hall–Kier alpha value is -0.930. The van der Waals surface area contributed by atoms with Crippen LogP contribution >= 0.6 is 0 Å². The molecule has 1 spiro atoms. The third-order valence-corrected chi connectivity index (χ3v) is 9.41. The molecular formula is C24H32O3. The van der Waals surface area contributed by atoms with Gasteiger partial charge in [0, 0.05) is 18.3 Å². The number of ketones is 1. The lowest BCUT2D eigenvalue weighted by molar-refractivity contribution is -0.185. The molecule has 6 rings (SSSR count). The molecule has 5 atom stereocenters. The maximum atomic E-state index is 12.6. The molecule has 3 heteroatoms. The Morgan fingerprint density at radius 3 is 2.52 bits per heavy atom. The first-order chi connectivity index (χ1) is 13.0. The van der Waals surface area contributed by atoms with Gasteiger partial charge in [-0.2, -0.15) is 0 Å². The third-order valence-electron chi connectivity index (χ3n) is 9.41. The van der Waals surface area contributed by atoms with Crippen LogP contribution in [-0.2, 0) is 14.3 Å². The Balaban J connectivity index is 1.43. The van der Waals surface area contributed by atoms with Crippen LogP contribution in [0.4, 0.5) is 0 Å². The van der Waals surface area contributed by atoms with E-state index in [9.17, 15) is 4.79 Å². The van der Waals surface area contributed by atoms with Crippen LogP contribution < -0.4 is 0 Å². The van der Waals surface area contributed by atoms with Crippen molar-refractivity contribution in [1.29, 1.82) is 0 Å². The molecule has 3 nitrogen and oxygen atoms in total. The molecule has 0 N–H and O–H groups in total. The predicted octanol–water partition coefficient (Wildman–Crippen LogP) is 4.82. The maximum absolute atomic E-state index is 12.6. The van der Waals surface area contributed by atoms with Gasteiger partial charge in [0.2, 0.25) is 0 Å². The first kappa shape index (κ1) is 17.0. The number of carbonyl (C=O) groups is 1. The van der Waals surface area contributed by atoms with Crippen molar-refractivity contribution >= 4 is 5.78 Å². The average Bonchev–Trinajstić information content (AvgIpc) is 3.32. The summed E-state index contributed by atoms with van der Waals surface area (Å²) in [4.78, 5) is 12.6. The molecular weight excluding hydrogens is 336 g/mol. The first-order valence-electron chi connectivity index (χ1n) is 11.2. The zero-order valence-electron chi connectivity index (χ0n) is 16.8. The molecule has 0 aromatic carbocycles. The second kappa shape index (κ2) is 5.36. The van der Waals surface area contributed by atoms with Crippen LogP contribution in [-0.4, -0.2) is 24.8 Å². The van der Waals surface area contributed by atoms with Crippen molar-refractivity contribution in [2.45, 2.75) is 71.0 Å². The van der Waals surface area contributed by atoms with Crippen molar-refractivity contribution in [3.63, 3.8) is 0 Å². The van der Waals surface area contributed by atoms with Crippen LogP contribution in [0.3, 0.4) is 0 Å². The molecule has 5 aliphatic carbocycles. The Morgan fingerprint density at radius 1 is 1.00 bits per heavy atom. The lowest BCUT2D eigenvalue weighted by Crippen LogP contribution is -2.53. The highest BCUT2D eigenvalue weighted by molar-refractivity contribution is 5.97. The van der Waals surface area contributed by atoms with Crippen LogP contribution in [0, 0.1) is 34.5 Å². The van der Waals surface area contributed by atoms with Gasteiger partial charge in [0.15, 0.2) is 11.6 Å². The van der Waals surface area contributed by atoms with Crippen molar-refractivity contribution in [2.24, 2.45) is 34.5 Å². The largest absolute Gasteiger partial charge is 0.347 e. The Kier molecular flexibility index (Phi) is 3.37. The van der Waals surface area contributed by atoms with E-state index in [0.29, 0.717) is 23.5 Å². The quantitative estimate of drug-likeness (QED) is 0.623. The van der Waals surface area contributed by atoms with Gasteiger partial charge in [0.05, 0.1) is 13.2 Å². The van der Waals surface area contributed by atoms with E-state index < -0.39 is 0 Å². The summed E-state index contributed by atoms with van der Waals surface area (Å²) in [5.41, 5.74) is 3.60. The molecule has 6 aliphatic rings. The van der Waals surface area contributed by atoms with Crippen molar-refractivity contribution in [1.82, 2.24) is 0 Å². The van der Waals surface area contributed by atoms with Gasteiger partial charge in [-0.3, -0.25) is 4.79 Å². The highest BCUT2D eigenvalue weighted by Gasteiger charge is 2.61. The minimum atomic E-state index is -0.325. The van der Waals surface area contributed by atoms with Crippen molar-refractivity contribution < 1.29 is 14.3 Å². The molecule has 0 bridgehead atoms. The molecule has 1 heterocycles. The van der Waals surface area contributed by atoms with Gasteiger partial charge in [-0.25, -0.2) is 0 Å². The van der Waals surface area contributed by atoms with Crippen molar-refractivity contribution in [3.05, 3.63) is 23.3 Å². The summed E-state index contributed by atoms with van der Waals surface area (Å²) in [6.07, 6.45) is 13.6. The maximum Gasteiger partial charge on any atom is 0.172 e. The van der Waals surface area contributed by atoms with Gasteiger partial charge >= 0.3 is 0 Å². The summed E-state index contributed by atoms with van der Waals surface area (Å²) in [6, 6.07) is 0. The smallest absolute Gasteiger partial charge is 0.172 e. The van der Waals surface area contributed by atoms with Gasteiger partial charge in [-0.15, -0.1) is 0 Å². The first-order valence-corrected chi connectivity index (χ1v) is 11.2. The van der Waals surface area contributed by atoms with E-state index in [1.165, 1.54) is 32.1 Å². The number of carbonyl (C=O) groups excluding carboxylic acids is 1. The molecule has 27 heavy (non-hydrogen) atoms. The fourth-order valence-corrected chi connectivity index (χ4v) is 7.66. The van der Waals surface area contributed by atoms with Crippen LogP contribution in [0.5, 0.6) is 0 Å². The highest BCUT2D eigenvalue weighted by Crippen LogP contribution is 2.67. The summed E-state index contributed by atoms with van der Waals surface area (Å²) in [6.45, 7) is 6.29. The van der Waals surface area contributed by atoms with Crippen molar-refractivity contribution in [2.75, 3.05) is 13.2 Å². The van der Waals surface area contributed by atoms with E-state index in [1.54, 1.807) is 11.1 Å². The fraction of sp³-hybridized carbons (Fsp3) is 0.792. The van der Waals surface area contributed by atoms with Crippen LogP contribution in [0.1, 0.15) is 65.2 Å². The second-order valence-corrected chi connectivity index (χ2v) is 10.7. The number of ether oxygens (including phenoxy) is 2.